The van der Waals surface area contributed by atoms with Gasteiger partial charge in [0.15, 0.2) is 0 Å². The molecular formula is C12H17N3O3. The average Bonchev–Trinajstić information content (AvgIpc) is 2.36. The lowest BCUT2D eigenvalue weighted by molar-refractivity contribution is -0.385. The summed E-state index contributed by atoms with van der Waals surface area (Å²) in [5.74, 6) is -0.115. The average molecular weight is 251 g/mol. The Morgan fingerprint density at radius 2 is 2.11 bits per heavy atom. The number of rotatable bonds is 6. The zero-order valence-electron chi connectivity index (χ0n) is 10.5. The third kappa shape index (κ3) is 3.81. The number of hydrogen-bond acceptors (Lipinski definition) is 4. The molecular weight excluding hydrogens is 234 g/mol. The maximum absolute atomic E-state index is 11.5. The fourth-order valence-corrected chi connectivity index (χ4v) is 1.52. The van der Waals surface area contributed by atoms with Crippen LogP contribution in [0, 0.1) is 10.1 Å². The van der Waals surface area contributed by atoms with Crippen LogP contribution in [0.15, 0.2) is 24.3 Å². The highest BCUT2D eigenvalue weighted by molar-refractivity contribution is 5.81. The highest BCUT2D eigenvalue weighted by Gasteiger charge is 2.15. The van der Waals surface area contributed by atoms with Crippen molar-refractivity contribution in [1.82, 2.24) is 10.6 Å². The molecule has 6 nitrogen and oxygen atoms in total. The first-order valence-corrected chi connectivity index (χ1v) is 5.79. The van der Waals surface area contributed by atoms with E-state index in [0.29, 0.717) is 12.1 Å². The van der Waals surface area contributed by atoms with Gasteiger partial charge in [0.25, 0.3) is 5.69 Å². The zero-order chi connectivity index (χ0) is 13.5. The first kappa shape index (κ1) is 14.1. The molecule has 18 heavy (non-hydrogen) atoms. The number of benzene rings is 1. The minimum atomic E-state index is -0.423. The Labute approximate surface area is 106 Å². The van der Waals surface area contributed by atoms with Crippen molar-refractivity contribution in [1.29, 1.82) is 0 Å². The second kappa shape index (κ2) is 6.70. The number of hydrogen-bond donors (Lipinski definition) is 2. The van der Waals surface area contributed by atoms with Gasteiger partial charge in [-0.15, -0.1) is 0 Å². The van der Waals surface area contributed by atoms with Crippen LogP contribution < -0.4 is 10.6 Å². The van der Waals surface area contributed by atoms with Gasteiger partial charge in [-0.1, -0.05) is 18.2 Å². The fraction of sp³-hybridized carbons (Fsp3) is 0.417. The van der Waals surface area contributed by atoms with Gasteiger partial charge in [-0.25, -0.2) is 0 Å². The van der Waals surface area contributed by atoms with E-state index in [-0.39, 0.29) is 24.2 Å². The molecule has 0 saturated heterocycles. The minimum Gasteiger partial charge on any atom is -0.355 e. The Balaban J connectivity index is 2.63. The van der Waals surface area contributed by atoms with Gasteiger partial charge in [-0.3, -0.25) is 14.9 Å². The Morgan fingerprint density at radius 1 is 1.44 bits per heavy atom. The smallest absolute Gasteiger partial charge is 0.273 e. The lowest BCUT2D eigenvalue weighted by atomic mass is 10.1. The van der Waals surface area contributed by atoms with E-state index in [2.05, 4.69) is 10.6 Å². The number of nitrogens with one attached hydrogen (secondary N) is 2. The minimum absolute atomic E-state index is 0.0631. The molecule has 0 saturated carbocycles. The quantitative estimate of drug-likeness (QED) is 0.588. The predicted molar refractivity (Wildman–Crippen MR) is 68.1 cm³/mol. The molecule has 0 spiro atoms. The van der Waals surface area contributed by atoms with Crippen molar-refractivity contribution in [3.05, 3.63) is 39.9 Å². The van der Waals surface area contributed by atoms with Crippen molar-refractivity contribution >= 4 is 11.6 Å². The van der Waals surface area contributed by atoms with Crippen molar-refractivity contribution in [2.45, 2.75) is 26.4 Å². The number of likely N-dealkylation sites (N-methyl/N-ethyl adjacent to an activating group) is 1. The van der Waals surface area contributed by atoms with E-state index in [4.69, 9.17) is 0 Å². The summed E-state index contributed by atoms with van der Waals surface area (Å²) in [5, 5.41) is 16.4. The van der Waals surface area contributed by atoms with Gasteiger partial charge < -0.3 is 10.6 Å². The van der Waals surface area contributed by atoms with E-state index in [9.17, 15) is 14.9 Å². The summed E-state index contributed by atoms with van der Waals surface area (Å²) in [5.41, 5.74) is 0.631. The molecule has 0 bridgehead atoms. The topological polar surface area (TPSA) is 84.3 Å². The number of carbonyl (C=O) groups excluding carboxylic acids is 1. The maximum atomic E-state index is 11.5. The molecule has 1 rings (SSSR count). The van der Waals surface area contributed by atoms with Crippen LogP contribution in [-0.4, -0.2) is 23.4 Å². The summed E-state index contributed by atoms with van der Waals surface area (Å²) in [6.07, 6.45) is 0. The predicted octanol–water partition coefficient (Wildman–Crippen LogP) is 1.21. The molecule has 1 unspecified atom stereocenters. The van der Waals surface area contributed by atoms with Gasteiger partial charge in [0.1, 0.15) is 0 Å². The van der Waals surface area contributed by atoms with E-state index in [1.165, 1.54) is 6.07 Å². The highest BCUT2D eigenvalue weighted by atomic mass is 16.6. The molecule has 98 valence electrons. The lowest BCUT2D eigenvalue weighted by Crippen LogP contribution is -2.41. The SMILES string of the molecule is CCNC(=O)C(C)NCc1ccccc1[N+](=O)[O-]. The molecule has 0 radical (unpaired) electrons. The summed E-state index contributed by atoms with van der Waals surface area (Å²) in [7, 11) is 0. The van der Waals surface area contributed by atoms with E-state index in [1.807, 2.05) is 6.92 Å². The molecule has 0 aliphatic carbocycles. The van der Waals surface area contributed by atoms with Gasteiger partial charge >= 0.3 is 0 Å². The van der Waals surface area contributed by atoms with E-state index in [1.54, 1.807) is 25.1 Å². The first-order chi connectivity index (χ1) is 8.56. The van der Waals surface area contributed by atoms with Gasteiger partial charge in [0, 0.05) is 24.7 Å². The van der Waals surface area contributed by atoms with Crippen LogP contribution in [0.1, 0.15) is 19.4 Å². The Hall–Kier alpha value is -1.95. The van der Waals surface area contributed by atoms with Gasteiger partial charge in [0.2, 0.25) is 5.91 Å². The number of para-hydroxylation sites is 1. The number of nitro groups is 1. The summed E-state index contributed by atoms with van der Waals surface area (Å²) in [6.45, 7) is 4.41. The standard InChI is InChI=1S/C12H17N3O3/c1-3-13-12(16)9(2)14-8-10-6-4-5-7-11(10)15(17)18/h4-7,9,14H,3,8H2,1-2H3,(H,13,16). The van der Waals surface area contributed by atoms with Crippen molar-refractivity contribution in [3.63, 3.8) is 0 Å². The Bertz CT molecular complexity index is 434. The molecule has 1 aromatic carbocycles. The Morgan fingerprint density at radius 3 is 2.72 bits per heavy atom. The zero-order valence-corrected chi connectivity index (χ0v) is 10.5. The molecule has 0 aliphatic heterocycles. The Kier molecular flexibility index (Phi) is 5.26. The maximum Gasteiger partial charge on any atom is 0.273 e. The molecule has 1 amide bonds. The van der Waals surface area contributed by atoms with Crippen LogP contribution in [0.4, 0.5) is 5.69 Å². The summed E-state index contributed by atoms with van der Waals surface area (Å²) >= 11 is 0. The van der Waals surface area contributed by atoms with Crippen molar-refractivity contribution in [2.24, 2.45) is 0 Å². The van der Waals surface area contributed by atoms with Crippen LogP contribution >= 0.6 is 0 Å². The molecule has 6 heteroatoms. The third-order valence-corrected chi connectivity index (χ3v) is 2.53. The second-order valence-corrected chi connectivity index (χ2v) is 3.88. The normalized spacial score (nSPS) is 11.9. The third-order valence-electron chi connectivity index (χ3n) is 2.53. The molecule has 0 aromatic heterocycles. The molecule has 0 heterocycles. The van der Waals surface area contributed by atoms with Crippen LogP contribution in [0.5, 0.6) is 0 Å². The molecule has 1 aromatic rings. The van der Waals surface area contributed by atoms with Gasteiger partial charge in [0.05, 0.1) is 11.0 Å². The van der Waals surface area contributed by atoms with Crippen molar-refractivity contribution in [3.8, 4) is 0 Å². The van der Waals surface area contributed by atoms with Crippen LogP contribution in [0.25, 0.3) is 0 Å². The van der Waals surface area contributed by atoms with Crippen LogP contribution in [-0.2, 0) is 11.3 Å². The summed E-state index contributed by atoms with van der Waals surface area (Å²) < 4.78 is 0. The highest BCUT2D eigenvalue weighted by Crippen LogP contribution is 2.17. The number of nitrogens with zero attached hydrogens (tertiary/aromatic N) is 1. The fourth-order valence-electron chi connectivity index (χ4n) is 1.52. The molecule has 2 N–H and O–H groups in total. The number of carbonyl (C=O) groups is 1. The van der Waals surface area contributed by atoms with Crippen molar-refractivity contribution < 1.29 is 9.72 Å². The summed E-state index contributed by atoms with van der Waals surface area (Å²) in [4.78, 5) is 21.9. The van der Waals surface area contributed by atoms with E-state index in [0.717, 1.165) is 0 Å². The van der Waals surface area contributed by atoms with Gasteiger partial charge in [-0.2, -0.15) is 0 Å². The van der Waals surface area contributed by atoms with Crippen molar-refractivity contribution in [2.75, 3.05) is 6.54 Å². The molecule has 0 fully saturated rings. The number of nitro benzene ring substituents is 1. The van der Waals surface area contributed by atoms with Crippen LogP contribution in [0.2, 0.25) is 0 Å². The summed E-state index contributed by atoms with van der Waals surface area (Å²) in [6, 6.07) is 6.10. The first-order valence-electron chi connectivity index (χ1n) is 5.79. The molecule has 0 aliphatic rings. The number of amides is 1. The van der Waals surface area contributed by atoms with Gasteiger partial charge in [-0.05, 0) is 13.8 Å². The van der Waals surface area contributed by atoms with E-state index < -0.39 is 4.92 Å². The van der Waals surface area contributed by atoms with E-state index >= 15 is 0 Å². The largest absolute Gasteiger partial charge is 0.355 e. The lowest BCUT2D eigenvalue weighted by Gasteiger charge is -2.13. The molecule has 1 atom stereocenters. The monoisotopic (exact) mass is 251 g/mol. The van der Waals surface area contributed by atoms with Crippen LogP contribution in [0.3, 0.4) is 0 Å². The second-order valence-electron chi connectivity index (χ2n) is 3.88.